The number of aromatic nitrogens is 4. The molecule has 0 unspecified atom stereocenters. The van der Waals surface area contributed by atoms with Gasteiger partial charge in [0.2, 0.25) is 5.91 Å². The van der Waals surface area contributed by atoms with E-state index in [0.717, 1.165) is 85.9 Å². The molecule has 180 valence electrons. The first-order chi connectivity index (χ1) is 16.5. The Balaban J connectivity index is 1.50. The van der Waals surface area contributed by atoms with E-state index in [1.165, 1.54) is 12.8 Å². The fourth-order valence-corrected chi connectivity index (χ4v) is 5.42. The van der Waals surface area contributed by atoms with Crippen molar-refractivity contribution in [2.45, 2.75) is 59.3 Å². The molecule has 5 rings (SSSR count). The minimum atomic E-state index is 0.237. The van der Waals surface area contributed by atoms with Gasteiger partial charge in [0.25, 0.3) is 0 Å². The maximum Gasteiger partial charge on any atom is 0.225 e. The molecule has 2 aliphatic rings. The Morgan fingerprint density at radius 3 is 2.50 bits per heavy atom. The summed E-state index contributed by atoms with van der Waals surface area (Å²) in [6.07, 6.45) is 6.28. The Morgan fingerprint density at radius 2 is 1.76 bits per heavy atom. The average molecular weight is 461 g/mol. The van der Waals surface area contributed by atoms with E-state index < -0.39 is 0 Å². The zero-order valence-electron chi connectivity index (χ0n) is 20.7. The number of rotatable bonds is 5. The van der Waals surface area contributed by atoms with E-state index in [9.17, 15) is 4.79 Å². The van der Waals surface area contributed by atoms with Crippen molar-refractivity contribution in [1.29, 1.82) is 0 Å². The van der Waals surface area contributed by atoms with E-state index in [1.54, 1.807) is 0 Å². The molecule has 0 bridgehead atoms. The van der Waals surface area contributed by atoms with Crippen LogP contribution in [0, 0.1) is 18.8 Å². The first kappa shape index (κ1) is 22.8. The number of fused-ring (bicyclic) bond motifs is 1. The molecule has 7 heteroatoms. The minimum absolute atomic E-state index is 0.237. The molecule has 1 aromatic carbocycles. The van der Waals surface area contributed by atoms with Gasteiger partial charge in [0.1, 0.15) is 11.6 Å². The van der Waals surface area contributed by atoms with Gasteiger partial charge < -0.3 is 9.80 Å². The zero-order chi connectivity index (χ0) is 23.7. The van der Waals surface area contributed by atoms with Crippen LogP contribution in [0.1, 0.15) is 57.5 Å². The van der Waals surface area contributed by atoms with Gasteiger partial charge in [-0.15, -0.1) is 0 Å². The fraction of sp³-hybridized carbons (Fsp3) is 0.556. The Hall–Kier alpha value is -2.96. The molecular weight excluding hydrogens is 424 g/mol. The van der Waals surface area contributed by atoms with Gasteiger partial charge in [0.05, 0.1) is 16.8 Å². The maximum absolute atomic E-state index is 13.1. The number of hydrogen-bond acceptors (Lipinski definition) is 5. The van der Waals surface area contributed by atoms with Gasteiger partial charge >= 0.3 is 0 Å². The number of anilines is 1. The molecule has 0 radical (unpaired) electrons. The van der Waals surface area contributed by atoms with Crippen LogP contribution in [0.4, 0.5) is 5.82 Å². The van der Waals surface area contributed by atoms with Crippen molar-refractivity contribution >= 4 is 22.8 Å². The third-order valence-electron chi connectivity index (χ3n) is 7.13. The van der Waals surface area contributed by atoms with E-state index in [2.05, 4.69) is 35.8 Å². The Morgan fingerprint density at radius 1 is 1.00 bits per heavy atom. The van der Waals surface area contributed by atoms with Crippen LogP contribution in [0.2, 0.25) is 0 Å². The summed E-state index contributed by atoms with van der Waals surface area (Å²) in [5, 5.41) is 5.90. The molecule has 0 atom stereocenters. The number of carbonyl (C=O) groups is 1. The second kappa shape index (κ2) is 9.72. The minimum Gasteiger partial charge on any atom is -0.354 e. The maximum atomic E-state index is 13.1. The highest BCUT2D eigenvalue weighted by molar-refractivity contribution is 5.91. The number of aryl methyl sites for hydroxylation is 1. The molecule has 1 saturated heterocycles. The largest absolute Gasteiger partial charge is 0.354 e. The van der Waals surface area contributed by atoms with Crippen molar-refractivity contribution in [1.82, 2.24) is 24.6 Å². The van der Waals surface area contributed by atoms with Crippen LogP contribution in [0.15, 0.2) is 30.3 Å². The topological polar surface area (TPSA) is 67.2 Å². The lowest BCUT2D eigenvalue weighted by Gasteiger charge is -2.25. The van der Waals surface area contributed by atoms with Crippen LogP contribution in [0.3, 0.4) is 0 Å². The SMILES string of the molecule is Cc1nn(-c2ccccc2)c2nc(CC(C)C)nc(N3CCCN(C(=O)C4CCCC4)CC3)c12. The summed E-state index contributed by atoms with van der Waals surface area (Å²) in [5.41, 5.74) is 2.81. The van der Waals surface area contributed by atoms with E-state index in [1.807, 2.05) is 29.8 Å². The van der Waals surface area contributed by atoms with Crippen molar-refractivity contribution < 1.29 is 4.79 Å². The molecule has 1 amide bonds. The van der Waals surface area contributed by atoms with Crippen molar-refractivity contribution in [3.05, 3.63) is 41.9 Å². The molecule has 2 fully saturated rings. The highest BCUT2D eigenvalue weighted by Crippen LogP contribution is 2.31. The predicted molar refractivity (Wildman–Crippen MR) is 135 cm³/mol. The van der Waals surface area contributed by atoms with Crippen molar-refractivity contribution in [2.24, 2.45) is 11.8 Å². The van der Waals surface area contributed by atoms with Gasteiger partial charge in [-0.1, -0.05) is 44.9 Å². The fourth-order valence-electron chi connectivity index (χ4n) is 5.42. The lowest BCUT2D eigenvalue weighted by Crippen LogP contribution is -2.38. The van der Waals surface area contributed by atoms with E-state index in [4.69, 9.17) is 15.1 Å². The van der Waals surface area contributed by atoms with E-state index in [-0.39, 0.29) is 5.92 Å². The molecule has 1 saturated carbocycles. The van der Waals surface area contributed by atoms with Crippen LogP contribution in [0.5, 0.6) is 0 Å². The van der Waals surface area contributed by atoms with Crippen molar-refractivity contribution in [3.63, 3.8) is 0 Å². The van der Waals surface area contributed by atoms with Crippen molar-refractivity contribution in [3.8, 4) is 5.69 Å². The number of amides is 1. The molecule has 7 nitrogen and oxygen atoms in total. The number of hydrogen-bond donors (Lipinski definition) is 0. The number of benzene rings is 1. The summed E-state index contributed by atoms with van der Waals surface area (Å²) in [6, 6.07) is 10.2. The van der Waals surface area contributed by atoms with Crippen LogP contribution in [-0.2, 0) is 11.2 Å². The number of carbonyl (C=O) groups excluding carboxylic acids is 1. The standard InChI is InChI=1S/C27H36N6O/c1-19(2)18-23-28-25(24-20(3)30-33(26(24)29-23)22-12-5-4-6-13-22)31-14-9-15-32(17-16-31)27(34)21-10-7-8-11-21/h4-6,12-13,19,21H,7-11,14-18H2,1-3H3. The summed E-state index contributed by atoms with van der Waals surface area (Å²) in [4.78, 5) is 27.6. The summed E-state index contributed by atoms with van der Waals surface area (Å²) < 4.78 is 1.95. The summed E-state index contributed by atoms with van der Waals surface area (Å²) >= 11 is 0. The molecule has 34 heavy (non-hydrogen) atoms. The molecule has 1 aliphatic carbocycles. The molecule has 2 aromatic heterocycles. The highest BCUT2D eigenvalue weighted by Gasteiger charge is 2.30. The zero-order valence-corrected chi connectivity index (χ0v) is 20.7. The van der Waals surface area contributed by atoms with Gasteiger partial charge in [-0.2, -0.15) is 5.10 Å². The van der Waals surface area contributed by atoms with Crippen LogP contribution < -0.4 is 4.90 Å². The van der Waals surface area contributed by atoms with Crippen LogP contribution >= 0.6 is 0 Å². The Labute approximate surface area is 202 Å². The molecule has 1 aliphatic heterocycles. The van der Waals surface area contributed by atoms with Crippen molar-refractivity contribution in [2.75, 3.05) is 31.1 Å². The van der Waals surface area contributed by atoms with Gasteiger partial charge in [-0.05, 0) is 44.2 Å². The first-order valence-corrected chi connectivity index (χ1v) is 12.9. The monoisotopic (exact) mass is 460 g/mol. The average Bonchev–Trinajstić information content (AvgIpc) is 3.40. The van der Waals surface area contributed by atoms with Crippen LogP contribution in [0.25, 0.3) is 16.7 Å². The quantitative estimate of drug-likeness (QED) is 0.559. The predicted octanol–water partition coefficient (Wildman–Crippen LogP) is 4.55. The Bertz CT molecular complexity index is 1150. The summed E-state index contributed by atoms with van der Waals surface area (Å²) in [5.74, 6) is 2.89. The summed E-state index contributed by atoms with van der Waals surface area (Å²) in [6.45, 7) is 9.72. The lowest BCUT2D eigenvalue weighted by molar-refractivity contribution is -0.135. The molecule has 0 N–H and O–H groups in total. The third kappa shape index (κ3) is 4.52. The lowest BCUT2D eigenvalue weighted by atomic mass is 10.1. The molecule has 0 spiro atoms. The molecule has 3 aromatic rings. The summed E-state index contributed by atoms with van der Waals surface area (Å²) in [7, 11) is 0. The van der Waals surface area contributed by atoms with Gasteiger partial charge in [-0.25, -0.2) is 14.6 Å². The van der Waals surface area contributed by atoms with Crippen LogP contribution in [-0.4, -0.2) is 56.7 Å². The van der Waals surface area contributed by atoms with Gasteiger partial charge in [0.15, 0.2) is 5.65 Å². The van der Waals surface area contributed by atoms with Gasteiger partial charge in [-0.3, -0.25) is 4.79 Å². The molecular formula is C27H36N6O. The number of nitrogens with zero attached hydrogens (tertiary/aromatic N) is 6. The normalized spacial score (nSPS) is 17.6. The molecule has 3 heterocycles. The second-order valence-electron chi connectivity index (χ2n) is 10.2. The second-order valence-corrected chi connectivity index (χ2v) is 10.2. The smallest absolute Gasteiger partial charge is 0.225 e. The Kier molecular flexibility index (Phi) is 6.53. The van der Waals surface area contributed by atoms with Gasteiger partial charge in [0, 0.05) is 38.5 Å². The highest BCUT2D eigenvalue weighted by atomic mass is 16.2. The first-order valence-electron chi connectivity index (χ1n) is 12.9. The van der Waals surface area contributed by atoms with E-state index >= 15 is 0 Å². The van der Waals surface area contributed by atoms with E-state index in [0.29, 0.717) is 11.8 Å². The third-order valence-corrected chi connectivity index (χ3v) is 7.13. The number of para-hydroxylation sites is 1.